The zero-order valence-corrected chi connectivity index (χ0v) is 17.3. The first kappa shape index (κ1) is 20.8. The number of aryl methyl sites for hydroxylation is 1. The van der Waals surface area contributed by atoms with E-state index >= 15 is 0 Å². The Morgan fingerprint density at radius 3 is 2.42 bits per heavy atom. The Labute approximate surface area is 180 Å². The topological polar surface area (TPSA) is 79.8 Å². The summed E-state index contributed by atoms with van der Waals surface area (Å²) in [5.41, 5.74) is 2.50. The molecule has 0 atom stereocenters. The largest absolute Gasteiger partial charge is 0.353 e. The van der Waals surface area contributed by atoms with Crippen LogP contribution in [0.4, 0.5) is 8.78 Å². The summed E-state index contributed by atoms with van der Waals surface area (Å²) in [7, 11) is 0. The molecule has 0 saturated carbocycles. The molecular weight excluding hydrogens is 422 g/mol. The van der Waals surface area contributed by atoms with Gasteiger partial charge >= 0.3 is 0 Å². The summed E-state index contributed by atoms with van der Waals surface area (Å²) in [6, 6.07) is 13.1. The Morgan fingerprint density at radius 1 is 1.10 bits per heavy atom. The molecule has 4 aromatic rings. The highest BCUT2D eigenvalue weighted by Gasteiger charge is 2.16. The summed E-state index contributed by atoms with van der Waals surface area (Å²) in [5, 5.41) is 3.08. The summed E-state index contributed by atoms with van der Waals surface area (Å²) in [6.45, 7) is 2.08. The molecule has 0 bridgehead atoms. The molecule has 2 heterocycles. The fourth-order valence-electron chi connectivity index (χ4n) is 3.08. The Bertz CT molecular complexity index is 1300. The fourth-order valence-corrected chi connectivity index (χ4v) is 3.92. The highest BCUT2D eigenvalue weighted by Crippen LogP contribution is 2.22. The van der Waals surface area contributed by atoms with Gasteiger partial charge < -0.3 is 10.3 Å². The van der Waals surface area contributed by atoms with Crippen molar-refractivity contribution in [3.05, 3.63) is 87.8 Å². The van der Waals surface area contributed by atoms with Crippen LogP contribution in [-0.4, -0.2) is 26.2 Å². The highest BCUT2D eigenvalue weighted by molar-refractivity contribution is 7.99. The smallest absolute Gasteiger partial charge is 0.283 e. The molecule has 0 aliphatic carbocycles. The SMILES string of the molecule is Cc1cc2nc(SCC(=O)NCc3ccc(F)cc3)n(-c3ccc(F)cc3)c(=O)c2[nH]1. The number of aromatic nitrogens is 3. The van der Waals surface area contributed by atoms with Crippen molar-refractivity contribution in [1.82, 2.24) is 19.9 Å². The lowest BCUT2D eigenvalue weighted by Gasteiger charge is -2.12. The molecule has 6 nitrogen and oxygen atoms in total. The van der Waals surface area contributed by atoms with E-state index in [1.807, 2.05) is 6.92 Å². The number of rotatable bonds is 6. The average Bonchev–Trinajstić information content (AvgIpc) is 3.13. The lowest BCUT2D eigenvalue weighted by Crippen LogP contribution is -2.26. The van der Waals surface area contributed by atoms with Gasteiger partial charge in [0.1, 0.15) is 17.2 Å². The van der Waals surface area contributed by atoms with Crippen molar-refractivity contribution in [3.63, 3.8) is 0 Å². The molecule has 0 spiro atoms. The van der Waals surface area contributed by atoms with E-state index in [4.69, 9.17) is 0 Å². The molecule has 0 radical (unpaired) electrons. The van der Waals surface area contributed by atoms with Gasteiger partial charge in [0.15, 0.2) is 5.16 Å². The standard InChI is InChI=1S/C22H18F2N4O2S/c1-13-10-18-20(26-13)21(30)28(17-8-6-16(24)7-9-17)22(27-18)31-12-19(29)25-11-14-2-4-15(23)5-3-14/h2-10,26H,11-12H2,1H3,(H,25,29). The van der Waals surface area contributed by atoms with Crippen LogP contribution in [0.15, 0.2) is 64.5 Å². The number of nitrogens with zero attached hydrogens (tertiary/aromatic N) is 2. The van der Waals surface area contributed by atoms with Crippen LogP contribution in [0, 0.1) is 18.6 Å². The van der Waals surface area contributed by atoms with Gasteiger partial charge in [0.25, 0.3) is 5.56 Å². The maximum atomic E-state index is 13.4. The molecule has 0 saturated heterocycles. The molecule has 2 N–H and O–H groups in total. The molecule has 2 aromatic carbocycles. The minimum Gasteiger partial charge on any atom is -0.353 e. The van der Waals surface area contributed by atoms with Crippen LogP contribution in [-0.2, 0) is 11.3 Å². The molecule has 31 heavy (non-hydrogen) atoms. The lowest BCUT2D eigenvalue weighted by molar-refractivity contribution is -0.118. The van der Waals surface area contributed by atoms with Crippen LogP contribution in [0.2, 0.25) is 0 Å². The van der Waals surface area contributed by atoms with Gasteiger partial charge in [-0.15, -0.1) is 0 Å². The summed E-state index contributed by atoms with van der Waals surface area (Å²) < 4.78 is 27.7. The van der Waals surface area contributed by atoms with E-state index in [1.165, 1.54) is 41.0 Å². The summed E-state index contributed by atoms with van der Waals surface area (Å²) in [6.07, 6.45) is 0. The van der Waals surface area contributed by atoms with E-state index in [0.717, 1.165) is 23.0 Å². The zero-order valence-electron chi connectivity index (χ0n) is 16.5. The number of hydrogen-bond donors (Lipinski definition) is 2. The van der Waals surface area contributed by atoms with Crippen LogP contribution < -0.4 is 10.9 Å². The number of H-pyrrole nitrogens is 1. The monoisotopic (exact) mass is 440 g/mol. The Kier molecular flexibility index (Phi) is 5.85. The third kappa shape index (κ3) is 4.66. The van der Waals surface area contributed by atoms with E-state index in [1.54, 1.807) is 18.2 Å². The van der Waals surface area contributed by atoms with Gasteiger partial charge in [-0.25, -0.2) is 13.8 Å². The third-order valence-electron chi connectivity index (χ3n) is 4.58. The minimum atomic E-state index is -0.420. The van der Waals surface area contributed by atoms with Crippen molar-refractivity contribution in [1.29, 1.82) is 0 Å². The molecule has 0 aliphatic rings. The van der Waals surface area contributed by atoms with Crippen molar-refractivity contribution in [2.45, 2.75) is 18.6 Å². The van der Waals surface area contributed by atoms with E-state index in [0.29, 0.717) is 21.9 Å². The molecular formula is C22H18F2N4O2S. The summed E-state index contributed by atoms with van der Waals surface area (Å²) in [4.78, 5) is 32.9. The van der Waals surface area contributed by atoms with E-state index < -0.39 is 5.82 Å². The first-order valence-electron chi connectivity index (χ1n) is 9.43. The van der Waals surface area contributed by atoms with Crippen molar-refractivity contribution in [2.24, 2.45) is 0 Å². The number of nitrogens with one attached hydrogen (secondary N) is 2. The first-order chi connectivity index (χ1) is 14.9. The molecule has 1 amide bonds. The lowest BCUT2D eigenvalue weighted by atomic mass is 10.2. The van der Waals surface area contributed by atoms with Crippen molar-refractivity contribution in [2.75, 3.05) is 5.75 Å². The van der Waals surface area contributed by atoms with Crippen molar-refractivity contribution in [3.8, 4) is 5.69 Å². The summed E-state index contributed by atoms with van der Waals surface area (Å²) >= 11 is 1.10. The third-order valence-corrected chi connectivity index (χ3v) is 5.51. The van der Waals surface area contributed by atoms with Gasteiger partial charge in [-0.2, -0.15) is 0 Å². The van der Waals surface area contributed by atoms with Gasteiger partial charge in [0.05, 0.1) is 17.0 Å². The second-order valence-electron chi connectivity index (χ2n) is 6.92. The van der Waals surface area contributed by atoms with Gasteiger partial charge in [0, 0.05) is 12.2 Å². The molecule has 4 rings (SSSR count). The van der Waals surface area contributed by atoms with Crippen molar-refractivity contribution >= 4 is 28.7 Å². The van der Waals surface area contributed by atoms with Crippen LogP contribution in [0.3, 0.4) is 0 Å². The van der Waals surface area contributed by atoms with Crippen LogP contribution >= 0.6 is 11.8 Å². The van der Waals surface area contributed by atoms with Gasteiger partial charge in [-0.05, 0) is 55.0 Å². The van der Waals surface area contributed by atoms with Crippen molar-refractivity contribution < 1.29 is 13.6 Å². The Morgan fingerprint density at radius 2 is 1.74 bits per heavy atom. The number of carbonyl (C=O) groups is 1. The predicted molar refractivity (Wildman–Crippen MR) is 115 cm³/mol. The van der Waals surface area contributed by atoms with E-state index in [9.17, 15) is 18.4 Å². The van der Waals surface area contributed by atoms with E-state index in [2.05, 4.69) is 15.3 Å². The molecule has 158 valence electrons. The van der Waals surface area contributed by atoms with Gasteiger partial charge in [0.2, 0.25) is 5.91 Å². The number of thioether (sulfide) groups is 1. The maximum absolute atomic E-state index is 13.4. The Balaban J connectivity index is 1.57. The second-order valence-corrected chi connectivity index (χ2v) is 7.86. The van der Waals surface area contributed by atoms with Gasteiger partial charge in [-0.1, -0.05) is 23.9 Å². The molecule has 0 unspecified atom stereocenters. The molecule has 2 aromatic heterocycles. The molecule has 0 fully saturated rings. The van der Waals surface area contributed by atoms with Gasteiger partial charge in [-0.3, -0.25) is 14.2 Å². The second kappa shape index (κ2) is 8.73. The maximum Gasteiger partial charge on any atom is 0.283 e. The predicted octanol–water partition coefficient (Wildman–Crippen LogP) is 3.71. The first-order valence-corrected chi connectivity index (χ1v) is 10.4. The molecule has 9 heteroatoms. The zero-order chi connectivity index (χ0) is 22.0. The van der Waals surface area contributed by atoms with E-state index in [-0.39, 0.29) is 29.6 Å². The number of carbonyl (C=O) groups excluding carboxylic acids is 1. The summed E-state index contributed by atoms with van der Waals surface area (Å²) in [5.74, 6) is -1.01. The quantitative estimate of drug-likeness (QED) is 0.354. The number of halogens is 2. The Hall–Kier alpha value is -3.46. The number of benzene rings is 2. The number of amides is 1. The normalized spacial score (nSPS) is 11.1. The average molecular weight is 440 g/mol. The van der Waals surface area contributed by atoms with Crippen LogP contribution in [0.1, 0.15) is 11.3 Å². The highest BCUT2D eigenvalue weighted by atomic mass is 32.2. The molecule has 0 aliphatic heterocycles. The number of fused-ring (bicyclic) bond motifs is 1. The van der Waals surface area contributed by atoms with Crippen LogP contribution in [0.5, 0.6) is 0 Å². The fraction of sp³-hybridized carbons (Fsp3) is 0.136. The minimum absolute atomic E-state index is 0.0176. The number of aromatic amines is 1. The van der Waals surface area contributed by atoms with Crippen LogP contribution in [0.25, 0.3) is 16.7 Å². The number of hydrogen-bond acceptors (Lipinski definition) is 4.